The van der Waals surface area contributed by atoms with Gasteiger partial charge in [-0.3, -0.25) is 15.6 Å². The maximum absolute atomic E-state index is 12.1. The normalized spacial score (nSPS) is 11.6. The molecule has 0 aliphatic carbocycles. The van der Waals surface area contributed by atoms with Crippen LogP contribution in [0.15, 0.2) is 65.3 Å². The number of hydrogen-bond acceptors (Lipinski definition) is 4. The van der Waals surface area contributed by atoms with E-state index < -0.39 is 6.10 Å². The number of hydrogen-bond donors (Lipinski definition) is 3. The van der Waals surface area contributed by atoms with E-state index in [1.807, 2.05) is 48.5 Å². The number of furan rings is 1. The predicted octanol–water partition coefficient (Wildman–Crippen LogP) is 2.90. The second-order valence-electron chi connectivity index (χ2n) is 5.65. The average Bonchev–Trinajstić information content (AvgIpc) is 3.18. The van der Waals surface area contributed by atoms with Crippen LogP contribution in [0, 0.1) is 0 Å². The van der Waals surface area contributed by atoms with Gasteiger partial charge < -0.3 is 14.5 Å². The standard InChI is InChI=1S/C19H19N3O3S/c1-13(25-16-9-8-14-5-2-3-6-15(14)11-16)18(23)21-22-19(26)20-12-17-7-4-10-24-17/h2-11,13H,12H2,1H3,(H,21,23)(H2,20,22,26)/t13-/m0/s1. The molecule has 3 aromatic rings. The van der Waals surface area contributed by atoms with Crippen molar-refractivity contribution in [2.75, 3.05) is 0 Å². The molecule has 0 unspecified atom stereocenters. The largest absolute Gasteiger partial charge is 0.481 e. The third kappa shape index (κ3) is 4.73. The van der Waals surface area contributed by atoms with E-state index in [1.54, 1.807) is 19.3 Å². The minimum Gasteiger partial charge on any atom is -0.481 e. The van der Waals surface area contributed by atoms with Crippen LogP contribution >= 0.6 is 12.2 Å². The molecule has 1 heterocycles. The van der Waals surface area contributed by atoms with E-state index in [0.29, 0.717) is 12.3 Å². The Hall–Kier alpha value is -3.06. The maximum Gasteiger partial charge on any atom is 0.279 e. The van der Waals surface area contributed by atoms with Gasteiger partial charge in [0.15, 0.2) is 11.2 Å². The summed E-state index contributed by atoms with van der Waals surface area (Å²) >= 11 is 5.10. The van der Waals surface area contributed by atoms with E-state index in [9.17, 15) is 4.79 Å². The quantitative estimate of drug-likeness (QED) is 0.474. The van der Waals surface area contributed by atoms with Gasteiger partial charge in [-0.05, 0) is 54.2 Å². The first kappa shape index (κ1) is 17.8. The molecule has 26 heavy (non-hydrogen) atoms. The van der Waals surface area contributed by atoms with Crippen LogP contribution in [-0.2, 0) is 11.3 Å². The van der Waals surface area contributed by atoms with Crippen molar-refractivity contribution >= 4 is 34.0 Å². The fourth-order valence-electron chi connectivity index (χ4n) is 2.34. The third-order valence-corrected chi connectivity index (χ3v) is 3.95. The number of rotatable bonds is 5. The zero-order valence-corrected chi connectivity index (χ0v) is 15.0. The molecule has 1 amide bonds. The summed E-state index contributed by atoms with van der Waals surface area (Å²) in [6, 6.07) is 17.3. The number of amides is 1. The maximum atomic E-state index is 12.1. The number of nitrogens with one attached hydrogen (secondary N) is 3. The van der Waals surface area contributed by atoms with Crippen molar-refractivity contribution in [3.05, 3.63) is 66.6 Å². The molecule has 7 heteroatoms. The minimum absolute atomic E-state index is 0.285. The number of carbonyl (C=O) groups is 1. The van der Waals surface area contributed by atoms with Gasteiger partial charge >= 0.3 is 0 Å². The summed E-state index contributed by atoms with van der Waals surface area (Å²) in [6.45, 7) is 2.10. The van der Waals surface area contributed by atoms with Crippen molar-refractivity contribution in [1.82, 2.24) is 16.2 Å². The molecular formula is C19H19N3O3S. The Morgan fingerprint density at radius 1 is 1.12 bits per heavy atom. The Kier molecular flexibility index (Phi) is 5.70. The molecule has 0 radical (unpaired) electrons. The number of carbonyl (C=O) groups excluding carboxylic acids is 1. The summed E-state index contributed by atoms with van der Waals surface area (Å²) in [5.41, 5.74) is 5.16. The Morgan fingerprint density at radius 2 is 1.92 bits per heavy atom. The predicted molar refractivity (Wildman–Crippen MR) is 103 cm³/mol. The summed E-state index contributed by atoms with van der Waals surface area (Å²) in [5, 5.41) is 5.38. The Bertz CT molecular complexity index is 896. The lowest BCUT2D eigenvalue weighted by atomic mass is 10.1. The highest BCUT2D eigenvalue weighted by Gasteiger charge is 2.15. The summed E-state index contributed by atoms with van der Waals surface area (Å²) < 4.78 is 10.9. The second kappa shape index (κ2) is 8.35. The van der Waals surface area contributed by atoms with Gasteiger partial charge in [-0.2, -0.15) is 0 Å². The van der Waals surface area contributed by atoms with Crippen molar-refractivity contribution in [2.45, 2.75) is 19.6 Å². The fourth-order valence-corrected chi connectivity index (χ4v) is 2.47. The van der Waals surface area contributed by atoms with Crippen LogP contribution in [0.2, 0.25) is 0 Å². The number of hydrazine groups is 1. The molecule has 3 N–H and O–H groups in total. The van der Waals surface area contributed by atoms with Gasteiger partial charge in [0, 0.05) is 0 Å². The van der Waals surface area contributed by atoms with Crippen LogP contribution in [0.5, 0.6) is 5.75 Å². The molecule has 0 spiro atoms. The lowest BCUT2D eigenvalue weighted by molar-refractivity contribution is -0.127. The molecule has 0 bridgehead atoms. The zero-order chi connectivity index (χ0) is 18.4. The lowest BCUT2D eigenvalue weighted by Gasteiger charge is -2.16. The average molecular weight is 369 g/mol. The summed E-state index contributed by atoms with van der Waals surface area (Å²) in [7, 11) is 0. The van der Waals surface area contributed by atoms with Gasteiger partial charge in [-0.15, -0.1) is 0 Å². The van der Waals surface area contributed by atoms with Gasteiger partial charge in [0.2, 0.25) is 0 Å². The van der Waals surface area contributed by atoms with Gasteiger partial charge in [0.25, 0.3) is 5.91 Å². The molecule has 1 atom stereocenters. The topological polar surface area (TPSA) is 75.5 Å². The minimum atomic E-state index is -0.684. The first-order chi connectivity index (χ1) is 12.6. The van der Waals surface area contributed by atoms with Crippen LogP contribution < -0.4 is 20.9 Å². The number of thiocarbonyl (C=S) groups is 1. The van der Waals surface area contributed by atoms with E-state index in [-0.39, 0.29) is 11.0 Å². The first-order valence-corrected chi connectivity index (χ1v) is 8.54. The SMILES string of the molecule is C[C@H](Oc1ccc2ccccc2c1)C(=O)NNC(=S)NCc1ccco1. The lowest BCUT2D eigenvalue weighted by Crippen LogP contribution is -2.50. The van der Waals surface area contributed by atoms with E-state index >= 15 is 0 Å². The molecule has 3 rings (SSSR count). The number of ether oxygens (including phenoxy) is 1. The Balaban J connectivity index is 1.46. The molecule has 0 aliphatic heterocycles. The van der Waals surface area contributed by atoms with Crippen molar-refractivity contribution in [3.8, 4) is 5.75 Å². The number of fused-ring (bicyclic) bond motifs is 1. The van der Waals surface area contributed by atoms with E-state index in [4.69, 9.17) is 21.4 Å². The molecule has 0 aliphatic rings. The fraction of sp³-hybridized carbons (Fsp3) is 0.158. The highest BCUT2D eigenvalue weighted by molar-refractivity contribution is 7.80. The van der Waals surface area contributed by atoms with Gasteiger partial charge in [0.1, 0.15) is 11.5 Å². The van der Waals surface area contributed by atoms with Crippen molar-refractivity contribution in [3.63, 3.8) is 0 Å². The van der Waals surface area contributed by atoms with E-state index in [2.05, 4.69) is 16.2 Å². The molecule has 0 saturated carbocycles. The van der Waals surface area contributed by atoms with Crippen LogP contribution in [0.3, 0.4) is 0 Å². The van der Waals surface area contributed by atoms with Gasteiger partial charge in [0.05, 0.1) is 12.8 Å². The van der Waals surface area contributed by atoms with Crippen LogP contribution in [-0.4, -0.2) is 17.1 Å². The van der Waals surface area contributed by atoms with Crippen LogP contribution in [0.1, 0.15) is 12.7 Å². The smallest absolute Gasteiger partial charge is 0.279 e. The summed E-state index contributed by atoms with van der Waals surface area (Å²) in [6.07, 6.45) is 0.901. The van der Waals surface area contributed by atoms with Crippen molar-refractivity contribution < 1.29 is 13.9 Å². The van der Waals surface area contributed by atoms with Crippen molar-refractivity contribution in [2.24, 2.45) is 0 Å². The van der Waals surface area contributed by atoms with Crippen LogP contribution in [0.4, 0.5) is 0 Å². The first-order valence-electron chi connectivity index (χ1n) is 8.13. The highest BCUT2D eigenvalue weighted by atomic mass is 32.1. The Morgan fingerprint density at radius 3 is 2.69 bits per heavy atom. The molecule has 2 aromatic carbocycles. The molecule has 0 saturated heterocycles. The number of benzene rings is 2. The van der Waals surface area contributed by atoms with Gasteiger partial charge in [-0.1, -0.05) is 30.3 Å². The molecule has 134 valence electrons. The molecular weight excluding hydrogens is 350 g/mol. The highest BCUT2D eigenvalue weighted by Crippen LogP contribution is 2.21. The monoisotopic (exact) mass is 369 g/mol. The van der Waals surface area contributed by atoms with Crippen LogP contribution in [0.25, 0.3) is 10.8 Å². The summed E-state index contributed by atoms with van der Waals surface area (Å²) in [4.78, 5) is 12.1. The molecule has 1 aromatic heterocycles. The van der Waals surface area contributed by atoms with E-state index in [1.165, 1.54) is 0 Å². The molecule has 6 nitrogen and oxygen atoms in total. The van der Waals surface area contributed by atoms with E-state index in [0.717, 1.165) is 16.5 Å². The second-order valence-corrected chi connectivity index (χ2v) is 6.05. The molecule has 0 fully saturated rings. The van der Waals surface area contributed by atoms with Crippen molar-refractivity contribution in [1.29, 1.82) is 0 Å². The summed E-state index contributed by atoms with van der Waals surface area (Å²) in [5.74, 6) is 1.04. The third-order valence-electron chi connectivity index (χ3n) is 3.71. The zero-order valence-electron chi connectivity index (χ0n) is 14.2. The Labute approximate surface area is 156 Å². The van der Waals surface area contributed by atoms with Gasteiger partial charge in [-0.25, -0.2) is 0 Å².